The van der Waals surface area contributed by atoms with Crippen LogP contribution in [-0.2, 0) is 16.0 Å². The molecule has 1 aromatic carbocycles. The molecule has 0 aliphatic rings. The summed E-state index contributed by atoms with van der Waals surface area (Å²) in [6.45, 7) is 5.98. The van der Waals surface area contributed by atoms with Crippen LogP contribution in [0.3, 0.4) is 0 Å². The average Bonchev–Trinajstić information content (AvgIpc) is 3.27. The van der Waals surface area contributed by atoms with E-state index < -0.39 is 18.5 Å². The highest BCUT2D eigenvalue weighted by Gasteiger charge is 2.30. The van der Waals surface area contributed by atoms with Crippen molar-refractivity contribution in [3.05, 3.63) is 57.0 Å². The van der Waals surface area contributed by atoms with Crippen LogP contribution >= 0.6 is 15.9 Å². The van der Waals surface area contributed by atoms with Crippen LogP contribution in [0.25, 0.3) is 11.6 Å². The van der Waals surface area contributed by atoms with Crippen molar-refractivity contribution in [2.75, 3.05) is 6.61 Å². The molecule has 0 N–H and O–H groups in total. The Morgan fingerprint density at radius 3 is 2.53 bits per heavy atom. The van der Waals surface area contributed by atoms with Gasteiger partial charge < -0.3 is 9.15 Å². The van der Waals surface area contributed by atoms with E-state index in [1.165, 1.54) is 11.5 Å². The first-order chi connectivity index (χ1) is 14.2. The van der Waals surface area contributed by atoms with Gasteiger partial charge >= 0.3 is 5.97 Å². The summed E-state index contributed by atoms with van der Waals surface area (Å²) in [6, 6.07) is 6.99. The molecule has 0 spiro atoms. The summed E-state index contributed by atoms with van der Waals surface area (Å²) in [6.07, 6.45) is 0.525. The number of ketones is 1. The fourth-order valence-electron chi connectivity index (χ4n) is 3.23. The molecule has 9 heteroatoms. The Bertz CT molecular complexity index is 1150. The number of benzene rings is 1. The zero-order valence-corrected chi connectivity index (χ0v) is 18.6. The lowest BCUT2D eigenvalue weighted by atomic mass is 10.00. The fraction of sp³-hybridized carbons (Fsp3) is 0.286. The quantitative estimate of drug-likeness (QED) is 0.394. The second-order valence-electron chi connectivity index (χ2n) is 6.64. The molecule has 0 bridgehead atoms. The van der Waals surface area contributed by atoms with Crippen LogP contribution in [0.2, 0.25) is 0 Å². The predicted octanol–water partition coefficient (Wildman–Crippen LogP) is 3.91. The van der Waals surface area contributed by atoms with Crippen molar-refractivity contribution in [1.82, 2.24) is 14.8 Å². The van der Waals surface area contributed by atoms with Crippen molar-refractivity contribution < 1.29 is 23.5 Å². The van der Waals surface area contributed by atoms with Gasteiger partial charge in [-0.15, -0.1) is 10.2 Å². The third kappa shape index (κ3) is 4.11. The molecule has 3 aromatic rings. The highest BCUT2D eigenvalue weighted by atomic mass is 79.9. The third-order valence-electron chi connectivity index (χ3n) is 4.59. The number of aryl methyl sites for hydroxylation is 1. The Labute approximate surface area is 181 Å². The maximum atomic E-state index is 13.3. The van der Waals surface area contributed by atoms with E-state index >= 15 is 0 Å². The van der Waals surface area contributed by atoms with Crippen molar-refractivity contribution in [3.63, 3.8) is 0 Å². The molecule has 0 radical (unpaired) electrons. The Morgan fingerprint density at radius 2 is 1.93 bits per heavy atom. The number of esters is 1. The molecule has 0 atom stereocenters. The topological polar surface area (TPSA) is 104 Å². The molecule has 0 saturated carbocycles. The van der Waals surface area contributed by atoms with Crippen LogP contribution in [0.5, 0.6) is 0 Å². The molecule has 156 valence electrons. The highest BCUT2D eigenvalue weighted by Crippen LogP contribution is 2.32. The van der Waals surface area contributed by atoms with Gasteiger partial charge in [0, 0.05) is 34.6 Å². The molecule has 0 aliphatic heterocycles. The molecule has 0 saturated heterocycles. The summed E-state index contributed by atoms with van der Waals surface area (Å²) in [5.41, 5.74) is 2.07. The zero-order chi connectivity index (χ0) is 22.0. The first kappa shape index (κ1) is 21.6. The summed E-state index contributed by atoms with van der Waals surface area (Å²) in [4.78, 5) is 37.4. The van der Waals surface area contributed by atoms with E-state index in [1.807, 2.05) is 13.0 Å². The minimum Gasteiger partial charge on any atom is -0.456 e. The lowest BCUT2D eigenvalue weighted by molar-refractivity contribution is -0.139. The second-order valence-corrected chi connectivity index (χ2v) is 7.55. The lowest BCUT2D eigenvalue weighted by Gasteiger charge is -2.09. The summed E-state index contributed by atoms with van der Waals surface area (Å²) in [5, 5.41) is 8.00. The predicted molar refractivity (Wildman–Crippen MR) is 111 cm³/mol. The maximum absolute atomic E-state index is 13.3. The molecule has 0 aliphatic carbocycles. The average molecular weight is 474 g/mol. The number of hydrogen-bond donors (Lipinski definition) is 0. The van der Waals surface area contributed by atoms with Crippen LogP contribution < -0.4 is 0 Å². The third-order valence-corrected chi connectivity index (χ3v) is 5.08. The number of rotatable bonds is 6. The van der Waals surface area contributed by atoms with Crippen molar-refractivity contribution in [2.45, 2.75) is 34.1 Å². The molecule has 30 heavy (non-hydrogen) atoms. The van der Waals surface area contributed by atoms with Crippen molar-refractivity contribution in [2.24, 2.45) is 0 Å². The van der Waals surface area contributed by atoms with Crippen LogP contribution in [0.15, 0.2) is 33.2 Å². The number of hydrogen-bond acceptors (Lipinski definition) is 7. The highest BCUT2D eigenvalue weighted by molar-refractivity contribution is 9.10. The standard InChI is InChI=1S/C21H20BrN3O5/c1-5-16-23-24-21(30-16)19-11(2)18(20(28)14-7-6-8-15(22)9-14)12(3)25(19)17(27)10-29-13(4)26/h6-9H,5,10H2,1-4H3. The molecule has 2 heterocycles. The number of halogens is 1. The molecule has 8 nitrogen and oxygen atoms in total. The number of nitrogens with zero attached hydrogens (tertiary/aromatic N) is 3. The number of aromatic nitrogens is 3. The number of carbonyl (C=O) groups is 3. The van der Waals surface area contributed by atoms with Gasteiger partial charge in [-0.05, 0) is 31.5 Å². The normalized spacial score (nSPS) is 10.8. The van der Waals surface area contributed by atoms with Gasteiger partial charge in [-0.1, -0.05) is 35.0 Å². The smallest absolute Gasteiger partial charge is 0.303 e. The van der Waals surface area contributed by atoms with Gasteiger partial charge in [-0.2, -0.15) is 0 Å². The second kappa shape index (κ2) is 8.74. The summed E-state index contributed by atoms with van der Waals surface area (Å²) in [7, 11) is 0. The van der Waals surface area contributed by atoms with Crippen LogP contribution in [0.4, 0.5) is 0 Å². The minimum atomic E-state index is -0.581. The molecule has 0 fully saturated rings. The van der Waals surface area contributed by atoms with Gasteiger partial charge in [-0.25, -0.2) is 0 Å². The largest absolute Gasteiger partial charge is 0.456 e. The minimum absolute atomic E-state index is 0.122. The van der Waals surface area contributed by atoms with E-state index in [-0.39, 0.29) is 11.7 Å². The number of carbonyl (C=O) groups excluding carboxylic acids is 3. The van der Waals surface area contributed by atoms with Gasteiger partial charge in [0.1, 0.15) is 5.69 Å². The van der Waals surface area contributed by atoms with Crippen molar-refractivity contribution in [3.8, 4) is 11.6 Å². The van der Waals surface area contributed by atoms with Gasteiger partial charge in [0.25, 0.3) is 11.8 Å². The van der Waals surface area contributed by atoms with Gasteiger partial charge in [-0.3, -0.25) is 19.0 Å². The Kier molecular flexibility index (Phi) is 6.31. The molecular formula is C21H20BrN3O5. The Hall–Kier alpha value is -3.07. The Balaban J connectivity index is 2.19. The van der Waals surface area contributed by atoms with Gasteiger partial charge in [0.2, 0.25) is 5.89 Å². The summed E-state index contributed by atoms with van der Waals surface area (Å²) >= 11 is 3.37. The lowest BCUT2D eigenvalue weighted by Crippen LogP contribution is -2.21. The monoisotopic (exact) mass is 473 g/mol. The fourth-order valence-corrected chi connectivity index (χ4v) is 3.63. The van der Waals surface area contributed by atoms with Gasteiger partial charge in [0.05, 0.1) is 0 Å². The van der Waals surface area contributed by atoms with E-state index in [9.17, 15) is 14.4 Å². The number of ether oxygens (including phenoxy) is 1. The molecule has 0 amide bonds. The maximum Gasteiger partial charge on any atom is 0.303 e. The first-order valence-electron chi connectivity index (χ1n) is 9.26. The van der Waals surface area contributed by atoms with Crippen molar-refractivity contribution in [1.29, 1.82) is 0 Å². The van der Waals surface area contributed by atoms with Crippen LogP contribution in [0.1, 0.15) is 51.7 Å². The summed E-state index contributed by atoms with van der Waals surface area (Å²) in [5.74, 6) is -0.825. The van der Waals surface area contributed by atoms with E-state index in [1.54, 1.807) is 32.0 Å². The first-order valence-corrected chi connectivity index (χ1v) is 10.0. The van der Waals surface area contributed by atoms with Crippen molar-refractivity contribution >= 4 is 33.6 Å². The SMILES string of the molecule is CCc1nnc(-c2c(C)c(C(=O)c3cccc(Br)c3)c(C)n2C(=O)COC(C)=O)o1. The molecule has 3 rings (SSSR count). The van der Waals surface area contributed by atoms with E-state index in [0.717, 1.165) is 4.47 Å². The van der Waals surface area contributed by atoms with Gasteiger partial charge in [0.15, 0.2) is 12.4 Å². The Morgan fingerprint density at radius 1 is 1.20 bits per heavy atom. The van der Waals surface area contributed by atoms with E-state index in [4.69, 9.17) is 9.15 Å². The zero-order valence-electron chi connectivity index (χ0n) is 17.0. The summed E-state index contributed by atoms with van der Waals surface area (Å²) < 4.78 is 12.6. The van der Waals surface area contributed by atoms with E-state index in [2.05, 4.69) is 26.1 Å². The molecule has 0 unspecified atom stereocenters. The van der Waals surface area contributed by atoms with Crippen LogP contribution in [-0.4, -0.2) is 39.0 Å². The van der Waals surface area contributed by atoms with Crippen LogP contribution in [0, 0.1) is 13.8 Å². The molecule has 2 aromatic heterocycles. The molecular weight excluding hydrogens is 454 g/mol. The van der Waals surface area contributed by atoms with E-state index in [0.29, 0.717) is 40.4 Å².